The maximum Gasteiger partial charge on any atom is 0.345 e. The molecule has 1 fully saturated rings. The van der Waals surface area contributed by atoms with Gasteiger partial charge in [0, 0.05) is 17.3 Å². The zero-order valence-electron chi connectivity index (χ0n) is 13.5. The van der Waals surface area contributed by atoms with Gasteiger partial charge in [-0.05, 0) is 49.2 Å². The average Bonchev–Trinajstić information content (AvgIpc) is 3.27. The van der Waals surface area contributed by atoms with Gasteiger partial charge in [-0.1, -0.05) is 12.8 Å². The fourth-order valence-corrected chi connectivity index (χ4v) is 3.55. The van der Waals surface area contributed by atoms with Crippen LogP contribution in [0.15, 0.2) is 36.4 Å². The Morgan fingerprint density at radius 1 is 0.920 bits per heavy atom. The molecule has 0 saturated heterocycles. The average molecular weight is 358 g/mol. The molecule has 2 amide bonds. The molecule has 1 aliphatic rings. The van der Waals surface area contributed by atoms with Crippen LogP contribution in [0.1, 0.15) is 55.4 Å². The summed E-state index contributed by atoms with van der Waals surface area (Å²) < 4.78 is 0. The third-order valence-electron chi connectivity index (χ3n) is 4.14. The molecule has 1 heterocycles. The molecule has 6 nitrogen and oxygen atoms in total. The third-order valence-corrected chi connectivity index (χ3v) is 5.21. The maximum absolute atomic E-state index is 12.2. The van der Waals surface area contributed by atoms with Gasteiger partial charge >= 0.3 is 5.97 Å². The Hall–Kier alpha value is -2.67. The Kier molecular flexibility index (Phi) is 5.14. The van der Waals surface area contributed by atoms with Crippen LogP contribution < -0.4 is 10.6 Å². The molecule has 2 aromatic rings. The van der Waals surface area contributed by atoms with E-state index in [0.29, 0.717) is 16.1 Å². The summed E-state index contributed by atoms with van der Waals surface area (Å²) in [5.74, 6) is -1.53. The molecule has 25 heavy (non-hydrogen) atoms. The Morgan fingerprint density at radius 2 is 1.56 bits per heavy atom. The van der Waals surface area contributed by atoms with Crippen LogP contribution in [0, 0.1) is 0 Å². The van der Waals surface area contributed by atoms with Gasteiger partial charge in [-0.2, -0.15) is 0 Å². The number of thiophene rings is 1. The number of benzene rings is 1. The summed E-state index contributed by atoms with van der Waals surface area (Å²) in [4.78, 5) is 35.6. The van der Waals surface area contributed by atoms with E-state index in [4.69, 9.17) is 5.11 Å². The van der Waals surface area contributed by atoms with Gasteiger partial charge < -0.3 is 15.7 Å². The predicted molar refractivity (Wildman–Crippen MR) is 95.4 cm³/mol. The zero-order chi connectivity index (χ0) is 17.8. The second-order valence-electron chi connectivity index (χ2n) is 5.96. The van der Waals surface area contributed by atoms with Crippen molar-refractivity contribution < 1.29 is 19.5 Å². The Balaban J connectivity index is 1.60. The van der Waals surface area contributed by atoms with E-state index in [1.807, 2.05) is 0 Å². The lowest BCUT2D eigenvalue weighted by atomic mass is 10.1. The van der Waals surface area contributed by atoms with Crippen molar-refractivity contribution in [3.8, 4) is 0 Å². The second kappa shape index (κ2) is 7.48. The Labute approximate surface area is 148 Å². The number of amides is 2. The van der Waals surface area contributed by atoms with Crippen LogP contribution in [0.3, 0.4) is 0 Å². The van der Waals surface area contributed by atoms with Crippen molar-refractivity contribution in [2.45, 2.75) is 31.7 Å². The largest absolute Gasteiger partial charge is 0.477 e. The van der Waals surface area contributed by atoms with E-state index in [1.165, 1.54) is 12.1 Å². The molecule has 0 spiro atoms. The fraction of sp³-hybridized carbons (Fsp3) is 0.278. The summed E-state index contributed by atoms with van der Waals surface area (Å²) in [5, 5.41) is 14.6. The number of hydrogen-bond acceptors (Lipinski definition) is 4. The lowest BCUT2D eigenvalue weighted by Gasteiger charge is -2.12. The molecule has 1 aromatic carbocycles. The highest BCUT2D eigenvalue weighted by Gasteiger charge is 2.18. The molecule has 0 atom stereocenters. The van der Waals surface area contributed by atoms with Crippen molar-refractivity contribution in [1.29, 1.82) is 0 Å². The molecule has 130 valence electrons. The molecule has 0 radical (unpaired) electrons. The zero-order valence-corrected chi connectivity index (χ0v) is 14.3. The molecule has 0 bridgehead atoms. The first-order valence-corrected chi connectivity index (χ1v) is 8.90. The highest BCUT2D eigenvalue weighted by atomic mass is 32.1. The fourth-order valence-electron chi connectivity index (χ4n) is 2.81. The SMILES string of the molecule is O=C(NC1CCCC1)c1ccc(NC(=O)c2ccc(C(=O)O)s2)cc1. The third kappa shape index (κ3) is 4.24. The van der Waals surface area contributed by atoms with Crippen LogP contribution in [0.4, 0.5) is 5.69 Å². The van der Waals surface area contributed by atoms with Crippen LogP contribution in [-0.2, 0) is 0 Å². The first kappa shape index (κ1) is 17.2. The standard InChI is InChI=1S/C18H18N2O4S/c21-16(19-12-3-1-2-4-12)11-5-7-13(8-6-11)20-17(22)14-9-10-15(25-14)18(23)24/h5-10,12H,1-4H2,(H,19,21)(H,20,22)(H,23,24). The molecule has 3 rings (SSSR count). The van der Waals surface area contributed by atoms with Crippen LogP contribution in [-0.4, -0.2) is 28.9 Å². The molecule has 0 aliphatic heterocycles. The number of anilines is 1. The minimum Gasteiger partial charge on any atom is -0.477 e. The number of carboxylic acid groups (broad SMARTS) is 1. The van der Waals surface area contributed by atoms with E-state index in [-0.39, 0.29) is 22.7 Å². The normalized spacial score (nSPS) is 14.2. The first-order chi connectivity index (χ1) is 12.0. The summed E-state index contributed by atoms with van der Waals surface area (Å²) in [6.07, 6.45) is 4.36. The number of carboxylic acids is 1. The van der Waals surface area contributed by atoms with Crippen molar-refractivity contribution in [3.63, 3.8) is 0 Å². The van der Waals surface area contributed by atoms with Gasteiger partial charge in [0.1, 0.15) is 4.88 Å². The number of aromatic carboxylic acids is 1. The number of nitrogens with one attached hydrogen (secondary N) is 2. The lowest BCUT2D eigenvalue weighted by molar-refractivity contribution is 0.0701. The monoisotopic (exact) mass is 358 g/mol. The van der Waals surface area contributed by atoms with Gasteiger partial charge in [0.05, 0.1) is 4.88 Å². The van der Waals surface area contributed by atoms with Crippen LogP contribution >= 0.6 is 11.3 Å². The smallest absolute Gasteiger partial charge is 0.345 e. The molecule has 3 N–H and O–H groups in total. The van der Waals surface area contributed by atoms with Crippen LogP contribution in [0.25, 0.3) is 0 Å². The maximum atomic E-state index is 12.2. The van der Waals surface area contributed by atoms with Gasteiger partial charge in [0.25, 0.3) is 11.8 Å². The summed E-state index contributed by atoms with van der Waals surface area (Å²) in [5.41, 5.74) is 1.10. The van der Waals surface area contributed by atoms with Gasteiger partial charge in [-0.3, -0.25) is 9.59 Å². The van der Waals surface area contributed by atoms with Crippen molar-refractivity contribution >= 4 is 34.8 Å². The minimum atomic E-state index is -1.05. The quantitative estimate of drug-likeness (QED) is 0.763. The number of rotatable bonds is 5. The molecule has 1 saturated carbocycles. The molecule has 0 unspecified atom stereocenters. The molecule has 7 heteroatoms. The Bertz CT molecular complexity index is 792. The number of hydrogen-bond donors (Lipinski definition) is 3. The summed E-state index contributed by atoms with van der Waals surface area (Å²) in [6, 6.07) is 9.79. The van der Waals surface area contributed by atoms with E-state index in [0.717, 1.165) is 37.0 Å². The van der Waals surface area contributed by atoms with Crippen LogP contribution in [0.5, 0.6) is 0 Å². The topological polar surface area (TPSA) is 95.5 Å². The van der Waals surface area contributed by atoms with E-state index in [2.05, 4.69) is 10.6 Å². The van der Waals surface area contributed by atoms with E-state index < -0.39 is 5.97 Å². The Morgan fingerprint density at radius 3 is 2.16 bits per heavy atom. The molecular weight excluding hydrogens is 340 g/mol. The van der Waals surface area contributed by atoms with Gasteiger partial charge in [-0.25, -0.2) is 4.79 Å². The highest BCUT2D eigenvalue weighted by molar-refractivity contribution is 7.15. The van der Waals surface area contributed by atoms with Crippen molar-refractivity contribution in [1.82, 2.24) is 5.32 Å². The van der Waals surface area contributed by atoms with Gasteiger partial charge in [0.15, 0.2) is 0 Å². The number of carbonyl (C=O) groups excluding carboxylic acids is 2. The van der Waals surface area contributed by atoms with Crippen molar-refractivity contribution in [3.05, 3.63) is 51.7 Å². The van der Waals surface area contributed by atoms with E-state index >= 15 is 0 Å². The van der Waals surface area contributed by atoms with Crippen molar-refractivity contribution in [2.75, 3.05) is 5.32 Å². The molecule has 1 aromatic heterocycles. The van der Waals surface area contributed by atoms with Crippen LogP contribution in [0.2, 0.25) is 0 Å². The summed E-state index contributed by atoms with van der Waals surface area (Å²) >= 11 is 0.918. The molecule has 1 aliphatic carbocycles. The summed E-state index contributed by atoms with van der Waals surface area (Å²) in [7, 11) is 0. The molecular formula is C18H18N2O4S. The second-order valence-corrected chi connectivity index (χ2v) is 7.04. The number of carbonyl (C=O) groups is 3. The van der Waals surface area contributed by atoms with Gasteiger partial charge in [-0.15, -0.1) is 11.3 Å². The predicted octanol–water partition coefficient (Wildman–Crippen LogP) is 3.37. The minimum absolute atomic E-state index is 0.103. The lowest BCUT2D eigenvalue weighted by Crippen LogP contribution is -2.32. The van der Waals surface area contributed by atoms with Gasteiger partial charge in [0.2, 0.25) is 0 Å². The summed E-state index contributed by atoms with van der Waals surface area (Å²) in [6.45, 7) is 0. The van der Waals surface area contributed by atoms with E-state index in [9.17, 15) is 14.4 Å². The van der Waals surface area contributed by atoms with E-state index in [1.54, 1.807) is 24.3 Å². The highest BCUT2D eigenvalue weighted by Crippen LogP contribution is 2.20. The van der Waals surface area contributed by atoms with Crippen molar-refractivity contribution in [2.24, 2.45) is 0 Å². The first-order valence-electron chi connectivity index (χ1n) is 8.08.